The van der Waals surface area contributed by atoms with Gasteiger partial charge in [-0.2, -0.15) is 5.10 Å². The molecule has 1 N–H and O–H groups in total. The highest BCUT2D eigenvalue weighted by Gasteiger charge is 2.02. The van der Waals surface area contributed by atoms with Gasteiger partial charge in [0.05, 0.1) is 19.1 Å². The maximum Gasteiger partial charge on any atom is 0.250 e. The summed E-state index contributed by atoms with van der Waals surface area (Å²) in [5, 5.41) is 4.72. The van der Waals surface area contributed by atoms with Crippen LogP contribution in [0, 0.1) is 0 Å². The molecular weight excluding hydrogens is 432 g/mol. The third-order valence-corrected chi connectivity index (χ3v) is 5.52. The Morgan fingerprint density at radius 3 is 2.29 bits per heavy atom. The first-order chi connectivity index (χ1) is 15.1. The highest BCUT2D eigenvalue weighted by atomic mass is 35.5. The molecule has 0 radical (unpaired) electrons. The Balaban J connectivity index is 1.36. The van der Waals surface area contributed by atoms with Gasteiger partial charge in [0.15, 0.2) is 0 Å². The van der Waals surface area contributed by atoms with E-state index in [9.17, 15) is 4.79 Å². The lowest BCUT2D eigenvalue weighted by molar-refractivity contribution is -0.118. The second-order valence-electron chi connectivity index (χ2n) is 6.62. The van der Waals surface area contributed by atoms with Gasteiger partial charge in [-0.05, 0) is 65.2 Å². The van der Waals surface area contributed by atoms with Gasteiger partial charge in [-0.1, -0.05) is 35.9 Å². The van der Waals surface area contributed by atoms with E-state index in [0.29, 0.717) is 17.4 Å². The normalized spacial score (nSPS) is 10.8. The summed E-state index contributed by atoms with van der Waals surface area (Å²) in [7, 11) is 1.64. The van der Waals surface area contributed by atoms with E-state index in [-0.39, 0.29) is 5.91 Å². The monoisotopic (exact) mass is 454 g/mol. The molecule has 0 saturated heterocycles. The van der Waals surface area contributed by atoms with Crippen LogP contribution < -0.4 is 14.9 Å². The molecule has 1 amide bonds. The van der Waals surface area contributed by atoms with E-state index in [1.165, 1.54) is 11.8 Å². The Morgan fingerprint density at radius 1 is 0.968 bits per heavy atom. The van der Waals surface area contributed by atoms with E-state index < -0.39 is 0 Å². The molecule has 3 rings (SSSR count). The summed E-state index contributed by atoms with van der Waals surface area (Å²) in [6.07, 6.45) is 1.61. The topological polar surface area (TPSA) is 59.9 Å². The number of carbonyl (C=O) groups is 1. The number of nitrogens with one attached hydrogen (secondary N) is 1. The first-order valence-corrected chi connectivity index (χ1v) is 11.2. The van der Waals surface area contributed by atoms with Crippen LogP contribution in [0.3, 0.4) is 0 Å². The van der Waals surface area contributed by atoms with Gasteiger partial charge in [0.1, 0.15) is 18.1 Å². The molecule has 3 aromatic rings. The van der Waals surface area contributed by atoms with Crippen LogP contribution in [0.15, 0.2) is 77.9 Å². The van der Waals surface area contributed by atoms with E-state index in [2.05, 4.69) is 10.5 Å². The summed E-state index contributed by atoms with van der Waals surface area (Å²) >= 11 is 7.41. The Hall–Kier alpha value is -2.96. The Kier molecular flexibility index (Phi) is 8.82. The van der Waals surface area contributed by atoms with Crippen LogP contribution in [0.5, 0.6) is 11.5 Å². The van der Waals surface area contributed by atoms with Crippen LogP contribution in [0.25, 0.3) is 0 Å². The highest BCUT2D eigenvalue weighted by Crippen LogP contribution is 2.17. The number of ether oxygens (including phenoxy) is 2. The van der Waals surface area contributed by atoms with E-state index >= 15 is 0 Å². The minimum absolute atomic E-state index is 0.141. The van der Waals surface area contributed by atoms with Crippen molar-refractivity contribution in [3.05, 3.63) is 94.5 Å². The molecule has 5 nitrogen and oxygen atoms in total. The Labute approximate surface area is 191 Å². The number of amides is 1. The maximum absolute atomic E-state index is 11.9. The molecule has 0 aliphatic rings. The van der Waals surface area contributed by atoms with Gasteiger partial charge in [0.25, 0.3) is 0 Å². The van der Waals surface area contributed by atoms with Crippen molar-refractivity contribution < 1.29 is 14.3 Å². The minimum atomic E-state index is -0.141. The fraction of sp³-hybridized carbons (Fsp3) is 0.167. The van der Waals surface area contributed by atoms with Gasteiger partial charge in [0, 0.05) is 10.8 Å². The number of carbonyl (C=O) groups excluding carboxylic acids is 1. The summed E-state index contributed by atoms with van der Waals surface area (Å²) < 4.78 is 10.9. The lowest BCUT2D eigenvalue weighted by Gasteiger charge is -2.06. The van der Waals surface area contributed by atoms with E-state index in [4.69, 9.17) is 21.1 Å². The molecule has 0 atom stereocenters. The lowest BCUT2D eigenvalue weighted by Crippen LogP contribution is -2.19. The molecule has 0 aliphatic carbocycles. The summed E-state index contributed by atoms with van der Waals surface area (Å²) in [4.78, 5) is 11.9. The van der Waals surface area contributed by atoms with E-state index in [1.54, 1.807) is 13.3 Å². The molecule has 0 bridgehead atoms. The largest absolute Gasteiger partial charge is 0.497 e. The number of benzene rings is 3. The Morgan fingerprint density at radius 2 is 1.61 bits per heavy atom. The number of halogens is 1. The van der Waals surface area contributed by atoms with Gasteiger partial charge in [-0.15, -0.1) is 11.8 Å². The van der Waals surface area contributed by atoms with Crippen molar-refractivity contribution in [2.45, 2.75) is 12.4 Å². The van der Waals surface area contributed by atoms with E-state index in [1.807, 2.05) is 72.8 Å². The second-order valence-corrected chi connectivity index (χ2v) is 8.04. The standard InChI is InChI=1S/C24H23ClN2O3S/c1-29-22-10-6-20(7-11-22)16-31-17-24(28)27-26-14-18-4-12-23(13-5-18)30-15-19-2-8-21(25)9-3-19/h2-14H,15-17H2,1H3,(H,27,28)/b26-14-. The molecule has 0 fully saturated rings. The zero-order valence-corrected chi connectivity index (χ0v) is 18.7. The van der Waals surface area contributed by atoms with Crippen molar-refractivity contribution >= 4 is 35.5 Å². The van der Waals surface area contributed by atoms with Crippen LogP contribution in [0.4, 0.5) is 0 Å². The van der Waals surface area contributed by atoms with Crippen molar-refractivity contribution in [2.75, 3.05) is 12.9 Å². The minimum Gasteiger partial charge on any atom is -0.497 e. The number of hydrogen-bond acceptors (Lipinski definition) is 5. The summed E-state index contributed by atoms with van der Waals surface area (Å²) in [5.74, 6) is 2.52. The van der Waals surface area contributed by atoms with Crippen LogP contribution in [0.2, 0.25) is 5.02 Å². The molecule has 3 aromatic carbocycles. The van der Waals surface area contributed by atoms with Gasteiger partial charge >= 0.3 is 0 Å². The average molecular weight is 455 g/mol. The third kappa shape index (κ3) is 8.00. The second kappa shape index (κ2) is 12.0. The average Bonchev–Trinajstić information content (AvgIpc) is 2.80. The molecule has 0 aliphatic heterocycles. The molecule has 0 unspecified atom stereocenters. The fourth-order valence-electron chi connectivity index (χ4n) is 2.59. The summed E-state index contributed by atoms with van der Waals surface area (Å²) in [5.41, 5.74) is 5.60. The molecule has 31 heavy (non-hydrogen) atoms. The SMILES string of the molecule is COc1ccc(CSCC(=O)N/N=C\c2ccc(OCc3ccc(Cl)cc3)cc2)cc1. The smallest absolute Gasteiger partial charge is 0.250 e. The molecule has 0 spiro atoms. The maximum atomic E-state index is 11.9. The first-order valence-electron chi connectivity index (χ1n) is 9.62. The molecular formula is C24H23ClN2O3S. The predicted octanol–water partition coefficient (Wildman–Crippen LogP) is 5.31. The molecule has 0 saturated carbocycles. The molecule has 0 heterocycles. The van der Waals surface area contributed by atoms with Crippen molar-refractivity contribution in [1.82, 2.24) is 5.43 Å². The lowest BCUT2D eigenvalue weighted by atomic mass is 10.2. The zero-order chi connectivity index (χ0) is 21.9. The first kappa shape index (κ1) is 22.7. The van der Waals surface area contributed by atoms with Crippen LogP contribution >= 0.6 is 23.4 Å². The molecule has 0 aromatic heterocycles. The number of rotatable bonds is 10. The van der Waals surface area contributed by atoms with E-state index in [0.717, 1.165) is 33.9 Å². The van der Waals surface area contributed by atoms with Gasteiger partial charge in [-0.3, -0.25) is 4.79 Å². The van der Waals surface area contributed by atoms with Crippen molar-refractivity contribution in [2.24, 2.45) is 5.10 Å². The quantitative estimate of drug-likeness (QED) is 0.333. The van der Waals surface area contributed by atoms with Crippen molar-refractivity contribution in [3.8, 4) is 11.5 Å². The summed E-state index contributed by atoms with van der Waals surface area (Å²) in [6.45, 7) is 0.467. The molecule has 7 heteroatoms. The van der Waals surface area contributed by atoms with Gasteiger partial charge in [-0.25, -0.2) is 5.43 Å². The van der Waals surface area contributed by atoms with Gasteiger partial charge in [0.2, 0.25) is 5.91 Å². The number of nitrogens with zero attached hydrogens (tertiary/aromatic N) is 1. The van der Waals surface area contributed by atoms with Crippen LogP contribution in [-0.4, -0.2) is 25.0 Å². The fourth-order valence-corrected chi connectivity index (χ4v) is 3.50. The van der Waals surface area contributed by atoms with Crippen molar-refractivity contribution in [1.29, 1.82) is 0 Å². The van der Waals surface area contributed by atoms with Crippen LogP contribution in [-0.2, 0) is 17.2 Å². The van der Waals surface area contributed by atoms with Gasteiger partial charge < -0.3 is 9.47 Å². The highest BCUT2D eigenvalue weighted by molar-refractivity contribution is 7.99. The zero-order valence-electron chi connectivity index (χ0n) is 17.1. The predicted molar refractivity (Wildman–Crippen MR) is 127 cm³/mol. The van der Waals surface area contributed by atoms with Crippen molar-refractivity contribution in [3.63, 3.8) is 0 Å². The number of hydrogen-bond donors (Lipinski definition) is 1. The third-order valence-electron chi connectivity index (χ3n) is 4.26. The number of methoxy groups -OCH3 is 1. The summed E-state index contributed by atoms with van der Waals surface area (Å²) in [6, 6.07) is 22.8. The number of thioether (sulfide) groups is 1. The Bertz CT molecular complexity index is 991. The van der Waals surface area contributed by atoms with Crippen LogP contribution in [0.1, 0.15) is 16.7 Å². The number of hydrazone groups is 1. The molecule has 160 valence electrons.